The number of allylic oxidation sites excluding steroid dienone is 12. The Balaban J connectivity index is 3.51. The van der Waals surface area contributed by atoms with Gasteiger partial charge in [-0.05, 0) is 83.5 Å². The first-order chi connectivity index (χ1) is 23.2. The number of unbranched alkanes of at least 4 members (excludes halogenated alkanes) is 15. The number of rotatable bonds is 35. The van der Waals surface area contributed by atoms with Gasteiger partial charge in [0.15, 0.2) is 0 Å². The lowest BCUT2D eigenvalue weighted by Crippen LogP contribution is -2.27. The van der Waals surface area contributed by atoms with Gasteiger partial charge in [0.25, 0.3) is 0 Å². The average molecular weight is 655 g/mol. The van der Waals surface area contributed by atoms with Crippen LogP contribution in [0.5, 0.6) is 0 Å². The fraction of sp³-hybridized carbons (Fsp3) is 0.698. The van der Waals surface area contributed by atoms with Crippen molar-refractivity contribution in [2.75, 3.05) is 19.8 Å². The summed E-state index contributed by atoms with van der Waals surface area (Å²) in [6.07, 6.45) is 53.8. The molecule has 0 amide bonds. The summed E-state index contributed by atoms with van der Waals surface area (Å²) in [6, 6.07) is 0. The predicted molar refractivity (Wildman–Crippen MR) is 205 cm³/mol. The number of aliphatic hydroxyl groups excluding tert-OH is 1. The molecule has 4 heteroatoms. The van der Waals surface area contributed by atoms with Crippen LogP contribution in [0.2, 0.25) is 0 Å². The Hall–Kier alpha value is -2.17. The quantitative estimate of drug-likeness (QED) is 0.0420. The van der Waals surface area contributed by atoms with E-state index >= 15 is 0 Å². The molecule has 1 atom stereocenters. The number of hydrogen-bond acceptors (Lipinski definition) is 4. The second-order valence-corrected chi connectivity index (χ2v) is 12.6. The van der Waals surface area contributed by atoms with Crippen molar-refractivity contribution in [3.8, 4) is 0 Å². The molecule has 0 aliphatic carbocycles. The normalized spacial score (nSPS) is 13.2. The zero-order valence-corrected chi connectivity index (χ0v) is 30.8. The fourth-order valence-electron chi connectivity index (χ4n) is 5.11. The number of ether oxygens (including phenoxy) is 2. The predicted octanol–water partition coefficient (Wildman–Crippen LogP) is 12.6. The molecule has 0 spiro atoms. The Morgan fingerprint density at radius 3 is 1.45 bits per heavy atom. The molecule has 0 rings (SSSR count). The van der Waals surface area contributed by atoms with Gasteiger partial charge in [-0.15, -0.1) is 0 Å². The summed E-state index contributed by atoms with van der Waals surface area (Å²) in [6.45, 7) is 5.15. The van der Waals surface area contributed by atoms with Crippen LogP contribution >= 0.6 is 0 Å². The molecule has 0 aromatic heterocycles. The van der Waals surface area contributed by atoms with E-state index in [1.54, 1.807) is 0 Å². The number of esters is 1. The molecule has 0 radical (unpaired) electrons. The topological polar surface area (TPSA) is 55.8 Å². The van der Waals surface area contributed by atoms with E-state index < -0.39 is 6.10 Å². The van der Waals surface area contributed by atoms with Gasteiger partial charge in [0.05, 0.1) is 13.2 Å². The average Bonchev–Trinajstić information content (AvgIpc) is 3.08. The molecule has 0 aliphatic heterocycles. The minimum absolute atomic E-state index is 0.193. The molecule has 1 N–H and O–H groups in total. The largest absolute Gasteiger partial charge is 0.457 e. The van der Waals surface area contributed by atoms with Crippen LogP contribution < -0.4 is 0 Å². The number of hydrogen-bond donors (Lipinski definition) is 1. The van der Waals surface area contributed by atoms with E-state index in [-0.39, 0.29) is 19.2 Å². The summed E-state index contributed by atoms with van der Waals surface area (Å²) in [5.74, 6) is -0.244. The van der Waals surface area contributed by atoms with Crippen LogP contribution in [0.4, 0.5) is 0 Å². The highest BCUT2D eigenvalue weighted by molar-refractivity contribution is 5.69. The minimum atomic E-state index is -0.560. The molecule has 0 fully saturated rings. The Bertz CT molecular complexity index is 820. The molecule has 0 heterocycles. The maximum absolute atomic E-state index is 12.1. The standard InChI is InChI=1S/C43H74O4/c1-3-5-7-9-11-13-15-17-19-20-21-22-23-25-27-29-31-33-35-37-39-46-41-42(40-44)47-43(45)38-36-34-32-30-28-26-24-18-16-14-12-10-8-6-4-2/h6,8,11-14,17-19,24,28,30,42,44H,3-5,7,9-10,15-16,20-23,25-27,29,31-41H2,1-2H3/b8-6-,13-11-,14-12-,19-17-,24-18-,30-28-. The summed E-state index contributed by atoms with van der Waals surface area (Å²) in [5, 5.41) is 9.57. The first-order valence-corrected chi connectivity index (χ1v) is 19.5. The van der Waals surface area contributed by atoms with Gasteiger partial charge in [-0.25, -0.2) is 0 Å². The van der Waals surface area contributed by atoms with Crippen molar-refractivity contribution in [1.29, 1.82) is 0 Å². The van der Waals surface area contributed by atoms with Crippen molar-refractivity contribution in [1.82, 2.24) is 0 Å². The summed E-state index contributed by atoms with van der Waals surface area (Å²) in [7, 11) is 0. The minimum Gasteiger partial charge on any atom is -0.457 e. The lowest BCUT2D eigenvalue weighted by molar-refractivity contribution is -0.154. The molecule has 0 bridgehead atoms. The van der Waals surface area contributed by atoms with Crippen molar-refractivity contribution < 1.29 is 19.4 Å². The van der Waals surface area contributed by atoms with Gasteiger partial charge in [-0.1, -0.05) is 151 Å². The van der Waals surface area contributed by atoms with Gasteiger partial charge >= 0.3 is 5.97 Å². The summed E-state index contributed by atoms with van der Waals surface area (Å²) < 4.78 is 11.1. The monoisotopic (exact) mass is 655 g/mol. The van der Waals surface area contributed by atoms with Crippen molar-refractivity contribution in [3.63, 3.8) is 0 Å². The molecule has 47 heavy (non-hydrogen) atoms. The number of carbonyl (C=O) groups excluding carboxylic acids is 1. The zero-order chi connectivity index (χ0) is 34.1. The van der Waals surface area contributed by atoms with Gasteiger partial charge in [0, 0.05) is 13.0 Å². The van der Waals surface area contributed by atoms with Crippen molar-refractivity contribution in [2.45, 2.75) is 174 Å². The highest BCUT2D eigenvalue weighted by Gasteiger charge is 2.13. The highest BCUT2D eigenvalue weighted by Crippen LogP contribution is 2.12. The third-order valence-corrected chi connectivity index (χ3v) is 8.02. The van der Waals surface area contributed by atoms with Crippen LogP contribution in [-0.4, -0.2) is 37.0 Å². The van der Waals surface area contributed by atoms with Gasteiger partial charge in [-0.2, -0.15) is 0 Å². The van der Waals surface area contributed by atoms with Crippen molar-refractivity contribution in [2.24, 2.45) is 0 Å². The van der Waals surface area contributed by atoms with E-state index in [4.69, 9.17) is 9.47 Å². The Morgan fingerprint density at radius 1 is 0.532 bits per heavy atom. The SMILES string of the molecule is CC/C=C\C/C=C\C/C=C\C/C=C\CCCCC(=O)OC(CO)COCCCCCCCCCCCC/C=C\C/C=C\CCCCC. The van der Waals surface area contributed by atoms with E-state index in [0.29, 0.717) is 13.0 Å². The van der Waals surface area contributed by atoms with Crippen molar-refractivity contribution >= 4 is 5.97 Å². The Morgan fingerprint density at radius 2 is 0.957 bits per heavy atom. The molecule has 0 saturated carbocycles. The van der Waals surface area contributed by atoms with Crippen LogP contribution in [0.15, 0.2) is 72.9 Å². The van der Waals surface area contributed by atoms with E-state index in [1.165, 1.54) is 89.9 Å². The van der Waals surface area contributed by atoms with E-state index in [0.717, 1.165) is 57.8 Å². The van der Waals surface area contributed by atoms with Gasteiger partial charge in [0.2, 0.25) is 0 Å². The molecule has 0 aliphatic rings. The molecule has 270 valence electrons. The number of carbonyl (C=O) groups is 1. The summed E-state index contributed by atoms with van der Waals surface area (Å²) >= 11 is 0. The molecular weight excluding hydrogens is 580 g/mol. The van der Waals surface area contributed by atoms with Gasteiger partial charge in [0.1, 0.15) is 6.10 Å². The van der Waals surface area contributed by atoms with Crippen molar-refractivity contribution in [3.05, 3.63) is 72.9 Å². The van der Waals surface area contributed by atoms with Gasteiger partial charge in [-0.3, -0.25) is 4.79 Å². The summed E-state index contributed by atoms with van der Waals surface area (Å²) in [4.78, 5) is 12.1. The van der Waals surface area contributed by atoms with Crippen LogP contribution in [-0.2, 0) is 14.3 Å². The third-order valence-electron chi connectivity index (χ3n) is 8.02. The fourth-order valence-corrected chi connectivity index (χ4v) is 5.11. The van der Waals surface area contributed by atoms with E-state index in [2.05, 4.69) is 86.8 Å². The third kappa shape index (κ3) is 38.2. The second kappa shape index (κ2) is 40.0. The molecule has 0 aromatic rings. The van der Waals surface area contributed by atoms with Crippen LogP contribution in [0.3, 0.4) is 0 Å². The van der Waals surface area contributed by atoms with Crippen LogP contribution in [0.1, 0.15) is 168 Å². The second-order valence-electron chi connectivity index (χ2n) is 12.6. The van der Waals surface area contributed by atoms with Crippen LogP contribution in [0, 0.1) is 0 Å². The zero-order valence-electron chi connectivity index (χ0n) is 30.8. The Labute approximate surface area is 291 Å². The lowest BCUT2D eigenvalue weighted by Gasteiger charge is -2.15. The summed E-state index contributed by atoms with van der Waals surface area (Å²) in [5.41, 5.74) is 0. The number of aliphatic hydroxyl groups is 1. The van der Waals surface area contributed by atoms with Crippen LogP contribution in [0.25, 0.3) is 0 Å². The lowest BCUT2D eigenvalue weighted by atomic mass is 10.1. The smallest absolute Gasteiger partial charge is 0.306 e. The van der Waals surface area contributed by atoms with Gasteiger partial charge < -0.3 is 14.6 Å². The first-order valence-electron chi connectivity index (χ1n) is 19.5. The molecular formula is C43H74O4. The maximum atomic E-state index is 12.1. The maximum Gasteiger partial charge on any atom is 0.306 e. The van der Waals surface area contributed by atoms with E-state index in [1.807, 2.05) is 0 Å². The molecule has 0 aromatic carbocycles. The van der Waals surface area contributed by atoms with E-state index in [9.17, 15) is 9.90 Å². The highest BCUT2D eigenvalue weighted by atomic mass is 16.6. The Kier molecular flexibility index (Phi) is 38.2. The molecule has 0 saturated heterocycles. The molecule has 1 unspecified atom stereocenters. The first kappa shape index (κ1) is 44.8. The molecule has 4 nitrogen and oxygen atoms in total.